The highest BCUT2D eigenvalue weighted by Gasteiger charge is 2.17. The minimum atomic E-state index is -0.758. The van der Waals surface area contributed by atoms with Gasteiger partial charge in [-0.05, 0) is 32.7 Å². The number of rotatable bonds is 7. The van der Waals surface area contributed by atoms with Gasteiger partial charge in [-0.25, -0.2) is 0 Å². The van der Waals surface area contributed by atoms with Crippen molar-refractivity contribution in [2.75, 3.05) is 25.2 Å². The molecule has 0 aromatic rings. The lowest BCUT2D eigenvalue weighted by Gasteiger charge is -2.22. The van der Waals surface area contributed by atoms with E-state index in [-0.39, 0.29) is 5.60 Å². The molecule has 0 aliphatic heterocycles. The predicted molar refractivity (Wildman–Crippen MR) is 61.8 cm³/mol. The minimum Gasteiger partial charge on any atom is -0.379 e. The van der Waals surface area contributed by atoms with Crippen LogP contribution >= 0.6 is 0 Å². The highest BCUT2D eigenvalue weighted by atomic mass is 32.2. The van der Waals surface area contributed by atoms with Gasteiger partial charge in [0, 0.05) is 29.4 Å². The summed E-state index contributed by atoms with van der Waals surface area (Å²) in [7, 11) is 0.928. The second kappa shape index (κ2) is 6.53. The molecule has 3 nitrogen and oxygen atoms in total. The molecule has 0 amide bonds. The van der Waals surface area contributed by atoms with Gasteiger partial charge in [0.15, 0.2) is 0 Å². The summed E-state index contributed by atoms with van der Waals surface area (Å²) in [4.78, 5) is 0. The summed E-state index contributed by atoms with van der Waals surface area (Å²) in [6.45, 7) is 6.66. The third-order valence-corrected chi connectivity index (χ3v) is 3.96. The second-order valence-electron chi connectivity index (χ2n) is 4.37. The molecule has 86 valence electrons. The normalized spacial score (nSPS) is 16.6. The van der Waals surface area contributed by atoms with Crippen LogP contribution in [0.15, 0.2) is 0 Å². The molecule has 0 aliphatic carbocycles. The monoisotopic (exact) mass is 221 g/mol. The van der Waals surface area contributed by atoms with Crippen LogP contribution in [0.25, 0.3) is 0 Å². The number of hydrogen-bond acceptors (Lipinski definition) is 3. The molecule has 14 heavy (non-hydrogen) atoms. The molecular formula is C10H23NO2S. The summed E-state index contributed by atoms with van der Waals surface area (Å²) in [5, 5.41) is 0. The standard InChI is InChI=1S/C10H23NO2S/c1-9(7-11)8-14(12)6-5-10(2,3)13-4/h9H,5-8,11H2,1-4H3. The lowest BCUT2D eigenvalue weighted by molar-refractivity contribution is 0.0205. The number of ether oxygens (including phenoxy) is 1. The van der Waals surface area contributed by atoms with Crippen LogP contribution in [0.1, 0.15) is 27.2 Å². The van der Waals surface area contributed by atoms with E-state index in [1.165, 1.54) is 0 Å². The van der Waals surface area contributed by atoms with Gasteiger partial charge in [0.1, 0.15) is 0 Å². The van der Waals surface area contributed by atoms with Crippen molar-refractivity contribution in [3.8, 4) is 0 Å². The van der Waals surface area contributed by atoms with E-state index in [1.54, 1.807) is 7.11 Å². The zero-order valence-electron chi connectivity index (χ0n) is 9.71. The van der Waals surface area contributed by atoms with Gasteiger partial charge in [-0.3, -0.25) is 4.21 Å². The summed E-state index contributed by atoms with van der Waals surface area (Å²) in [5.41, 5.74) is 5.30. The zero-order valence-corrected chi connectivity index (χ0v) is 10.5. The first-order valence-electron chi connectivity index (χ1n) is 5.01. The Morgan fingerprint density at radius 3 is 2.50 bits per heavy atom. The molecule has 0 aliphatic rings. The Hall–Kier alpha value is 0.0700. The van der Waals surface area contributed by atoms with E-state index in [9.17, 15) is 4.21 Å². The molecule has 0 aromatic carbocycles. The highest BCUT2D eigenvalue weighted by molar-refractivity contribution is 7.84. The quantitative estimate of drug-likeness (QED) is 0.701. The van der Waals surface area contributed by atoms with Gasteiger partial charge in [0.25, 0.3) is 0 Å². The maximum absolute atomic E-state index is 11.6. The molecule has 0 saturated carbocycles. The van der Waals surface area contributed by atoms with Crippen molar-refractivity contribution in [1.29, 1.82) is 0 Å². The summed E-state index contributed by atoms with van der Waals surface area (Å²) in [6, 6.07) is 0. The van der Waals surface area contributed by atoms with E-state index in [0.29, 0.717) is 24.0 Å². The average molecular weight is 221 g/mol. The van der Waals surface area contributed by atoms with Gasteiger partial charge < -0.3 is 10.5 Å². The van der Waals surface area contributed by atoms with Crippen molar-refractivity contribution in [2.24, 2.45) is 11.7 Å². The Bertz CT molecular complexity index is 183. The van der Waals surface area contributed by atoms with Gasteiger partial charge >= 0.3 is 0 Å². The van der Waals surface area contributed by atoms with E-state index in [2.05, 4.69) is 0 Å². The zero-order chi connectivity index (χ0) is 11.2. The summed E-state index contributed by atoms with van der Waals surface area (Å²) < 4.78 is 16.8. The van der Waals surface area contributed by atoms with Gasteiger partial charge in [0.05, 0.1) is 5.60 Å². The molecule has 0 saturated heterocycles. The molecule has 0 aromatic heterocycles. The van der Waals surface area contributed by atoms with Gasteiger partial charge in [-0.1, -0.05) is 6.92 Å². The minimum absolute atomic E-state index is 0.165. The highest BCUT2D eigenvalue weighted by Crippen LogP contribution is 2.13. The van der Waals surface area contributed by atoms with Crippen LogP contribution in [-0.2, 0) is 15.5 Å². The average Bonchev–Trinajstić information content (AvgIpc) is 2.15. The molecule has 0 rings (SSSR count). The number of methoxy groups -OCH3 is 1. The van der Waals surface area contributed by atoms with Gasteiger partial charge in [-0.2, -0.15) is 0 Å². The van der Waals surface area contributed by atoms with Crippen LogP contribution in [0.2, 0.25) is 0 Å². The van der Waals surface area contributed by atoms with E-state index >= 15 is 0 Å². The fourth-order valence-electron chi connectivity index (χ4n) is 0.930. The molecule has 0 heterocycles. The Morgan fingerprint density at radius 1 is 1.50 bits per heavy atom. The molecule has 2 atom stereocenters. The van der Waals surface area contributed by atoms with Crippen molar-refractivity contribution in [3.05, 3.63) is 0 Å². The van der Waals surface area contributed by atoms with E-state index < -0.39 is 10.8 Å². The van der Waals surface area contributed by atoms with Crippen molar-refractivity contribution in [3.63, 3.8) is 0 Å². The number of nitrogens with two attached hydrogens (primary N) is 1. The maximum Gasteiger partial charge on any atom is 0.0631 e. The molecule has 4 heteroatoms. The van der Waals surface area contributed by atoms with Gasteiger partial charge in [0.2, 0.25) is 0 Å². The molecule has 0 fully saturated rings. The van der Waals surface area contributed by atoms with E-state index in [0.717, 1.165) is 6.42 Å². The summed E-state index contributed by atoms with van der Waals surface area (Å²) in [6.07, 6.45) is 0.827. The third kappa shape index (κ3) is 6.51. The largest absolute Gasteiger partial charge is 0.379 e. The van der Waals surface area contributed by atoms with Crippen molar-refractivity contribution < 1.29 is 8.95 Å². The Kier molecular flexibility index (Phi) is 6.57. The fraction of sp³-hybridized carbons (Fsp3) is 1.00. The molecule has 0 radical (unpaired) electrons. The lowest BCUT2D eigenvalue weighted by atomic mass is 10.1. The van der Waals surface area contributed by atoms with E-state index in [1.807, 2.05) is 20.8 Å². The van der Waals surface area contributed by atoms with Crippen LogP contribution in [0.3, 0.4) is 0 Å². The van der Waals surface area contributed by atoms with Crippen molar-refractivity contribution in [2.45, 2.75) is 32.8 Å². The summed E-state index contributed by atoms with van der Waals surface area (Å²) in [5.74, 6) is 1.75. The van der Waals surface area contributed by atoms with E-state index in [4.69, 9.17) is 10.5 Å². The molecular weight excluding hydrogens is 198 g/mol. The molecule has 0 spiro atoms. The van der Waals surface area contributed by atoms with Gasteiger partial charge in [-0.15, -0.1) is 0 Å². The Balaban J connectivity index is 3.74. The first-order chi connectivity index (χ1) is 6.41. The number of hydrogen-bond donors (Lipinski definition) is 1. The summed E-state index contributed by atoms with van der Waals surface area (Å²) >= 11 is 0. The third-order valence-electron chi connectivity index (χ3n) is 2.36. The fourth-order valence-corrected chi connectivity index (χ4v) is 2.59. The smallest absolute Gasteiger partial charge is 0.0631 e. The van der Waals surface area contributed by atoms with Crippen molar-refractivity contribution >= 4 is 10.8 Å². The Labute approximate surface area is 89.9 Å². The first-order valence-corrected chi connectivity index (χ1v) is 6.50. The lowest BCUT2D eigenvalue weighted by Crippen LogP contribution is -2.26. The SMILES string of the molecule is COC(C)(C)CCS(=O)CC(C)CN. The van der Waals surface area contributed by atoms with Crippen molar-refractivity contribution in [1.82, 2.24) is 0 Å². The topological polar surface area (TPSA) is 52.3 Å². The van der Waals surface area contributed by atoms with Crippen LogP contribution in [-0.4, -0.2) is 35.0 Å². The van der Waals surface area contributed by atoms with Crippen LogP contribution in [0.4, 0.5) is 0 Å². The van der Waals surface area contributed by atoms with Crippen LogP contribution in [0.5, 0.6) is 0 Å². The molecule has 0 bridgehead atoms. The first kappa shape index (κ1) is 14.1. The maximum atomic E-state index is 11.6. The molecule has 2 unspecified atom stereocenters. The Morgan fingerprint density at radius 2 is 2.07 bits per heavy atom. The van der Waals surface area contributed by atoms with Crippen LogP contribution < -0.4 is 5.73 Å². The molecule has 2 N–H and O–H groups in total. The second-order valence-corrected chi connectivity index (χ2v) is 5.99. The van der Waals surface area contributed by atoms with Crippen LogP contribution in [0, 0.1) is 5.92 Å². The predicted octanol–water partition coefficient (Wildman–Crippen LogP) is 1.15.